The predicted molar refractivity (Wildman–Crippen MR) is 104 cm³/mol. The number of nitrogens with one attached hydrogen (secondary N) is 1. The molecule has 2 heterocycles. The van der Waals surface area contributed by atoms with E-state index in [9.17, 15) is 8.42 Å². The Kier molecular flexibility index (Phi) is 5.19. The van der Waals surface area contributed by atoms with Gasteiger partial charge in [0.2, 0.25) is 10.0 Å². The van der Waals surface area contributed by atoms with Gasteiger partial charge in [-0.25, -0.2) is 8.42 Å². The Morgan fingerprint density at radius 2 is 1.65 bits per heavy atom. The normalized spacial score (nSPS) is 18.9. The Morgan fingerprint density at radius 1 is 1.04 bits per heavy atom. The van der Waals surface area contributed by atoms with E-state index in [1.165, 1.54) is 5.56 Å². The smallest absolute Gasteiger partial charge is 0.244 e. The van der Waals surface area contributed by atoms with E-state index in [1.807, 2.05) is 39.8 Å². The molecule has 1 unspecified atom stereocenters. The Balaban J connectivity index is 2.16. The summed E-state index contributed by atoms with van der Waals surface area (Å²) >= 11 is 0. The molecule has 0 amide bonds. The van der Waals surface area contributed by atoms with E-state index >= 15 is 0 Å². The fourth-order valence-corrected chi connectivity index (χ4v) is 5.98. The summed E-state index contributed by atoms with van der Waals surface area (Å²) < 4.78 is 29.1. The summed E-state index contributed by atoms with van der Waals surface area (Å²) in [6.07, 6.45) is 3.46. The van der Waals surface area contributed by atoms with Crippen LogP contribution in [0.15, 0.2) is 29.4 Å². The van der Waals surface area contributed by atoms with Crippen LogP contribution in [0.5, 0.6) is 0 Å². The summed E-state index contributed by atoms with van der Waals surface area (Å²) in [5, 5.41) is 3.31. The van der Waals surface area contributed by atoms with Crippen molar-refractivity contribution in [1.29, 1.82) is 0 Å². The molecule has 2 aromatic rings. The highest BCUT2D eigenvalue weighted by molar-refractivity contribution is 7.89. The van der Waals surface area contributed by atoms with Gasteiger partial charge in [0.15, 0.2) is 0 Å². The number of hydrogen-bond acceptors (Lipinski definition) is 4. The molecule has 0 saturated carbocycles. The first-order chi connectivity index (χ1) is 12.3. The Morgan fingerprint density at radius 3 is 2.23 bits per heavy atom. The van der Waals surface area contributed by atoms with Crippen LogP contribution < -0.4 is 5.32 Å². The van der Waals surface area contributed by atoms with Crippen molar-refractivity contribution in [2.24, 2.45) is 0 Å². The first-order valence-electron chi connectivity index (χ1n) is 8.96. The van der Waals surface area contributed by atoms with Crippen molar-refractivity contribution in [2.75, 3.05) is 19.6 Å². The highest BCUT2D eigenvalue weighted by Crippen LogP contribution is 2.35. The topological polar surface area (TPSA) is 62.3 Å². The molecule has 1 N–H and O–H groups in total. The van der Waals surface area contributed by atoms with E-state index in [2.05, 4.69) is 17.2 Å². The maximum atomic E-state index is 13.7. The third-order valence-corrected chi connectivity index (χ3v) is 7.94. The van der Waals surface area contributed by atoms with Crippen molar-refractivity contribution in [2.45, 2.75) is 45.6 Å². The number of aromatic nitrogens is 1. The molecule has 6 heteroatoms. The number of hydrogen-bond donors (Lipinski definition) is 1. The number of nitrogens with zero attached hydrogens (tertiary/aromatic N) is 2. The van der Waals surface area contributed by atoms with Crippen LogP contribution in [0.25, 0.3) is 0 Å². The van der Waals surface area contributed by atoms with Crippen molar-refractivity contribution >= 4 is 10.0 Å². The lowest BCUT2D eigenvalue weighted by atomic mass is 9.95. The number of pyridine rings is 1. The van der Waals surface area contributed by atoms with Gasteiger partial charge < -0.3 is 5.32 Å². The van der Waals surface area contributed by atoms with Gasteiger partial charge in [-0.15, -0.1) is 0 Å². The van der Waals surface area contributed by atoms with Crippen molar-refractivity contribution in [3.05, 3.63) is 57.9 Å². The van der Waals surface area contributed by atoms with E-state index < -0.39 is 10.0 Å². The lowest BCUT2D eigenvalue weighted by Gasteiger charge is -2.36. The molecular weight excluding hydrogens is 346 g/mol. The van der Waals surface area contributed by atoms with Crippen LogP contribution in [0, 0.1) is 34.6 Å². The van der Waals surface area contributed by atoms with Crippen molar-refractivity contribution in [3.8, 4) is 0 Å². The quantitative estimate of drug-likeness (QED) is 0.898. The third kappa shape index (κ3) is 3.06. The van der Waals surface area contributed by atoms with Crippen molar-refractivity contribution in [1.82, 2.24) is 14.6 Å². The highest BCUT2D eigenvalue weighted by atomic mass is 32.2. The van der Waals surface area contributed by atoms with E-state index in [1.54, 1.807) is 16.7 Å². The standard InChI is InChI=1S/C20H27N3O2S/c1-13-14(2)16(4)20(17(5)15(13)3)26(24,25)23-10-9-22-12-19(23)18-7-6-8-21-11-18/h6-8,11,19,22H,9-10,12H2,1-5H3. The van der Waals surface area contributed by atoms with Gasteiger partial charge in [0.1, 0.15) is 0 Å². The van der Waals surface area contributed by atoms with Gasteiger partial charge in [-0.1, -0.05) is 6.07 Å². The second-order valence-corrected chi connectivity index (χ2v) is 8.90. The highest BCUT2D eigenvalue weighted by Gasteiger charge is 2.37. The third-order valence-electron chi connectivity index (χ3n) is 5.76. The molecule has 3 rings (SSSR count). The maximum absolute atomic E-state index is 13.7. The molecule has 1 fully saturated rings. The number of rotatable bonds is 3. The minimum atomic E-state index is -3.62. The van der Waals surface area contributed by atoms with Gasteiger partial charge >= 0.3 is 0 Å². The summed E-state index contributed by atoms with van der Waals surface area (Å²) in [6, 6.07) is 3.55. The molecule has 1 atom stereocenters. The molecule has 0 radical (unpaired) electrons. The van der Waals surface area contributed by atoms with Crippen LogP contribution in [0.1, 0.15) is 39.4 Å². The van der Waals surface area contributed by atoms with E-state index in [0.717, 1.165) is 27.8 Å². The van der Waals surface area contributed by atoms with Gasteiger partial charge in [-0.2, -0.15) is 4.31 Å². The fraction of sp³-hybridized carbons (Fsp3) is 0.450. The molecule has 1 aliphatic heterocycles. The van der Waals surface area contributed by atoms with Gasteiger partial charge in [0.05, 0.1) is 10.9 Å². The molecule has 0 spiro atoms. The van der Waals surface area contributed by atoms with Crippen LogP contribution in [-0.2, 0) is 10.0 Å². The SMILES string of the molecule is Cc1c(C)c(C)c(S(=O)(=O)N2CCNCC2c2cccnc2)c(C)c1C. The molecule has 1 saturated heterocycles. The summed E-state index contributed by atoms with van der Waals surface area (Å²) in [5.74, 6) is 0. The number of piperazine rings is 1. The zero-order chi connectivity index (χ0) is 19.1. The van der Waals surface area contributed by atoms with Gasteiger partial charge in [-0.3, -0.25) is 4.98 Å². The van der Waals surface area contributed by atoms with Gasteiger partial charge in [0, 0.05) is 32.0 Å². The monoisotopic (exact) mass is 373 g/mol. The second-order valence-electron chi connectivity index (χ2n) is 7.08. The average molecular weight is 374 g/mol. The number of sulfonamides is 1. The minimum absolute atomic E-state index is 0.247. The molecule has 26 heavy (non-hydrogen) atoms. The van der Waals surface area contributed by atoms with Crippen LogP contribution in [-0.4, -0.2) is 37.3 Å². The molecular formula is C20H27N3O2S. The molecule has 1 aromatic carbocycles. The van der Waals surface area contributed by atoms with Crippen molar-refractivity contribution < 1.29 is 8.42 Å². The van der Waals surface area contributed by atoms with E-state index in [-0.39, 0.29) is 6.04 Å². The Bertz CT molecular complexity index is 895. The molecule has 1 aromatic heterocycles. The molecule has 140 valence electrons. The summed E-state index contributed by atoms with van der Waals surface area (Å²) in [5.41, 5.74) is 5.91. The summed E-state index contributed by atoms with van der Waals surface area (Å²) in [7, 11) is -3.62. The fourth-order valence-electron chi connectivity index (χ4n) is 3.80. The van der Waals surface area contributed by atoms with Gasteiger partial charge in [-0.05, 0) is 74.1 Å². The largest absolute Gasteiger partial charge is 0.313 e. The van der Waals surface area contributed by atoms with Crippen LogP contribution in [0.4, 0.5) is 0 Å². The lowest BCUT2D eigenvalue weighted by molar-refractivity contribution is 0.271. The van der Waals surface area contributed by atoms with Crippen molar-refractivity contribution in [3.63, 3.8) is 0 Å². The van der Waals surface area contributed by atoms with E-state index in [0.29, 0.717) is 24.5 Å². The average Bonchev–Trinajstić information content (AvgIpc) is 2.65. The minimum Gasteiger partial charge on any atom is -0.313 e. The lowest BCUT2D eigenvalue weighted by Crippen LogP contribution is -2.48. The molecule has 1 aliphatic rings. The molecule has 0 bridgehead atoms. The van der Waals surface area contributed by atoms with E-state index in [4.69, 9.17) is 0 Å². The number of benzene rings is 1. The maximum Gasteiger partial charge on any atom is 0.244 e. The first-order valence-corrected chi connectivity index (χ1v) is 10.4. The molecule has 0 aliphatic carbocycles. The first kappa shape index (κ1) is 19.0. The summed E-state index contributed by atoms with van der Waals surface area (Å²) in [6.45, 7) is 11.6. The van der Waals surface area contributed by atoms with Crippen LogP contribution in [0.3, 0.4) is 0 Å². The Labute approximate surface area is 156 Å². The second kappa shape index (κ2) is 7.10. The Hall–Kier alpha value is -1.76. The van der Waals surface area contributed by atoms with Crippen LogP contribution >= 0.6 is 0 Å². The summed E-state index contributed by atoms with van der Waals surface area (Å²) in [4.78, 5) is 4.64. The zero-order valence-corrected chi connectivity index (χ0v) is 16.9. The van der Waals surface area contributed by atoms with Crippen LogP contribution in [0.2, 0.25) is 0 Å². The van der Waals surface area contributed by atoms with Gasteiger partial charge in [0.25, 0.3) is 0 Å². The predicted octanol–water partition coefficient (Wildman–Crippen LogP) is 2.96. The molecule has 5 nitrogen and oxygen atoms in total. The zero-order valence-electron chi connectivity index (χ0n) is 16.1.